The van der Waals surface area contributed by atoms with E-state index in [1.165, 1.54) is 0 Å². The molecule has 0 saturated carbocycles. The summed E-state index contributed by atoms with van der Waals surface area (Å²) in [5.74, 6) is 0.282. The molecule has 0 bridgehead atoms. The zero-order chi connectivity index (χ0) is 21.7. The molecule has 8 nitrogen and oxygen atoms in total. The van der Waals surface area contributed by atoms with Gasteiger partial charge in [0, 0.05) is 18.5 Å². The summed E-state index contributed by atoms with van der Waals surface area (Å²) in [5.41, 5.74) is 1.90. The van der Waals surface area contributed by atoms with Crippen molar-refractivity contribution < 1.29 is 22.7 Å². The van der Waals surface area contributed by atoms with Crippen LogP contribution in [-0.2, 0) is 19.6 Å². The minimum Gasteiger partial charge on any atom is -0.490 e. The average molecular weight is 432 g/mol. The van der Waals surface area contributed by atoms with Crippen molar-refractivity contribution in [1.82, 2.24) is 5.32 Å². The Morgan fingerprint density at radius 1 is 1.13 bits per heavy atom. The lowest BCUT2D eigenvalue weighted by Gasteiger charge is -2.29. The smallest absolute Gasteiger partial charge is 0.229 e. The van der Waals surface area contributed by atoms with Crippen LogP contribution >= 0.6 is 0 Å². The van der Waals surface area contributed by atoms with Gasteiger partial charge in [-0.3, -0.25) is 14.3 Å². The Labute approximate surface area is 176 Å². The number of rotatable bonds is 7. The van der Waals surface area contributed by atoms with Gasteiger partial charge in [0.15, 0.2) is 0 Å². The van der Waals surface area contributed by atoms with E-state index in [4.69, 9.17) is 4.74 Å². The van der Waals surface area contributed by atoms with E-state index in [1.54, 1.807) is 36.1 Å². The predicted molar refractivity (Wildman–Crippen MR) is 115 cm³/mol. The molecule has 0 fully saturated rings. The monoisotopic (exact) mass is 431 g/mol. The van der Waals surface area contributed by atoms with Gasteiger partial charge in [-0.05, 0) is 36.8 Å². The van der Waals surface area contributed by atoms with Gasteiger partial charge in [-0.2, -0.15) is 0 Å². The van der Waals surface area contributed by atoms with Crippen LogP contribution in [-0.4, -0.2) is 39.6 Å². The predicted octanol–water partition coefficient (Wildman–Crippen LogP) is 2.44. The van der Waals surface area contributed by atoms with E-state index < -0.39 is 10.0 Å². The lowest BCUT2D eigenvalue weighted by Crippen LogP contribution is -2.38. The van der Waals surface area contributed by atoms with E-state index in [-0.39, 0.29) is 30.7 Å². The number of sulfonamides is 1. The molecule has 1 heterocycles. The van der Waals surface area contributed by atoms with Gasteiger partial charge < -0.3 is 15.0 Å². The number of fused-ring (bicyclic) bond motifs is 1. The van der Waals surface area contributed by atoms with E-state index in [0.29, 0.717) is 24.6 Å². The van der Waals surface area contributed by atoms with Gasteiger partial charge in [0.1, 0.15) is 12.4 Å². The second-order valence-corrected chi connectivity index (χ2v) is 8.90. The SMILES string of the molecule is CC(NC(=O)CCC(=O)N1CCOc2ccccc21)c1cccc(NS(C)(=O)=O)c1. The van der Waals surface area contributed by atoms with E-state index in [0.717, 1.165) is 17.5 Å². The summed E-state index contributed by atoms with van der Waals surface area (Å²) in [5, 5.41) is 2.85. The first-order valence-corrected chi connectivity index (χ1v) is 11.5. The molecule has 1 unspecified atom stereocenters. The largest absolute Gasteiger partial charge is 0.490 e. The molecule has 160 valence electrons. The quantitative estimate of drug-likeness (QED) is 0.701. The first kappa shape index (κ1) is 21.6. The summed E-state index contributed by atoms with van der Waals surface area (Å²) in [6.45, 7) is 2.68. The number of anilines is 2. The Morgan fingerprint density at radius 2 is 1.90 bits per heavy atom. The number of amides is 2. The van der Waals surface area contributed by atoms with Crippen molar-refractivity contribution in [3.05, 3.63) is 54.1 Å². The third kappa shape index (κ3) is 5.73. The third-order valence-corrected chi connectivity index (χ3v) is 5.27. The maximum atomic E-state index is 12.6. The molecule has 2 N–H and O–H groups in total. The number of para-hydroxylation sites is 2. The summed E-state index contributed by atoms with van der Waals surface area (Å²) in [6.07, 6.45) is 1.22. The van der Waals surface area contributed by atoms with Gasteiger partial charge in [0.25, 0.3) is 0 Å². The van der Waals surface area contributed by atoms with Crippen molar-refractivity contribution in [2.75, 3.05) is 29.0 Å². The van der Waals surface area contributed by atoms with Gasteiger partial charge in [0.2, 0.25) is 21.8 Å². The van der Waals surface area contributed by atoms with Crippen molar-refractivity contribution in [2.45, 2.75) is 25.8 Å². The minimum absolute atomic E-state index is 0.0595. The zero-order valence-corrected chi connectivity index (χ0v) is 17.7. The van der Waals surface area contributed by atoms with Crippen molar-refractivity contribution in [2.24, 2.45) is 0 Å². The Kier molecular flexibility index (Phi) is 6.61. The Bertz CT molecular complexity index is 1040. The molecule has 2 aromatic rings. The summed E-state index contributed by atoms with van der Waals surface area (Å²) >= 11 is 0. The zero-order valence-electron chi connectivity index (χ0n) is 16.9. The van der Waals surface area contributed by atoms with Crippen molar-refractivity contribution in [1.29, 1.82) is 0 Å². The normalized spacial score (nSPS) is 14.3. The molecule has 3 rings (SSSR count). The standard InChI is InChI=1S/C21H25N3O5S/c1-15(16-6-5-7-17(14-16)23-30(2,27)28)22-20(25)10-11-21(26)24-12-13-29-19-9-4-3-8-18(19)24/h3-9,14-15,23H,10-13H2,1-2H3,(H,22,25). The van der Waals surface area contributed by atoms with Gasteiger partial charge in [-0.1, -0.05) is 24.3 Å². The topological polar surface area (TPSA) is 105 Å². The fourth-order valence-electron chi connectivity index (χ4n) is 3.27. The summed E-state index contributed by atoms with van der Waals surface area (Å²) in [4.78, 5) is 26.6. The van der Waals surface area contributed by atoms with Crippen LogP contribution in [0.2, 0.25) is 0 Å². The molecule has 9 heteroatoms. The molecule has 1 aliphatic rings. The van der Waals surface area contributed by atoms with E-state index >= 15 is 0 Å². The van der Waals surface area contributed by atoms with Gasteiger partial charge in [-0.15, -0.1) is 0 Å². The van der Waals surface area contributed by atoms with Gasteiger partial charge in [0.05, 0.1) is 24.5 Å². The second kappa shape index (κ2) is 9.17. The Morgan fingerprint density at radius 3 is 2.67 bits per heavy atom. The molecular formula is C21H25N3O5S. The van der Waals surface area contributed by atoms with Crippen LogP contribution in [0, 0.1) is 0 Å². The number of ether oxygens (including phenoxy) is 1. The lowest BCUT2D eigenvalue weighted by atomic mass is 10.1. The highest BCUT2D eigenvalue weighted by molar-refractivity contribution is 7.92. The van der Waals surface area contributed by atoms with Crippen molar-refractivity contribution in [3.63, 3.8) is 0 Å². The molecule has 0 saturated heterocycles. The number of nitrogens with zero attached hydrogens (tertiary/aromatic N) is 1. The highest BCUT2D eigenvalue weighted by Crippen LogP contribution is 2.31. The Balaban J connectivity index is 1.55. The fraction of sp³-hybridized carbons (Fsp3) is 0.333. The van der Waals surface area contributed by atoms with Crippen molar-refractivity contribution in [3.8, 4) is 5.75 Å². The molecule has 1 atom stereocenters. The molecule has 1 aliphatic heterocycles. The fourth-order valence-corrected chi connectivity index (χ4v) is 3.82. The molecule has 0 radical (unpaired) electrons. The van der Waals surface area contributed by atoms with Crippen LogP contribution in [0.15, 0.2) is 48.5 Å². The number of hydrogen-bond donors (Lipinski definition) is 2. The number of benzene rings is 2. The molecule has 2 amide bonds. The molecule has 30 heavy (non-hydrogen) atoms. The second-order valence-electron chi connectivity index (χ2n) is 7.15. The first-order chi connectivity index (χ1) is 14.2. The first-order valence-electron chi connectivity index (χ1n) is 9.62. The van der Waals surface area contributed by atoms with Gasteiger partial charge >= 0.3 is 0 Å². The number of carbonyl (C=O) groups is 2. The molecule has 0 spiro atoms. The number of carbonyl (C=O) groups excluding carboxylic acids is 2. The van der Waals surface area contributed by atoms with E-state index in [2.05, 4.69) is 10.0 Å². The summed E-state index contributed by atoms with van der Waals surface area (Å²) < 4.78 is 30.8. The maximum absolute atomic E-state index is 12.6. The van der Waals surface area contributed by atoms with Crippen LogP contribution in [0.25, 0.3) is 0 Å². The third-order valence-electron chi connectivity index (χ3n) is 4.66. The highest BCUT2D eigenvalue weighted by Gasteiger charge is 2.23. The van der Waals surface area contributed by atoms with Crippen molar-refractivity contribution >= 4 is 33.2 Å². The highest BCUT2D eigenvalue weighted by atomic mass is 32.2. The Hall–Kier alpha value is -3.07. The summed E-state index contributed by atoms with van der Waals surface area (Å²) in [7, 11) is -3.38. The molecular weight excluding hydrogens is 406 g/mol. The van der Waals surface area contributed by atoms with E-state index in [9.17, 15) is 18.0 Å². The van der Waals surface area contributed by atoms with E-state index in [1.807, 2.05) is 24.3 Å². The number of nitrogens with one attached hydrogen (secondary N) is 2. The number of hydrogen-bond acceptors (Lipinski definition) is 5. The molecule has 0 aliphatic carbocycles. The van der Waals surface area contributed by atoms with Crippen LogP contribution < -0.4 is 19.7 Å². The lowest BCUT2D eigenvalue weighted by molar-refractivity contribution is -0.125. The van der Waals surface area contributed by atoms with Gasteiger partial charge in [-0.25, -0.2) is 8.42 Å². The van der Waals surface area contributed by atoms with Crippen LogP contribution in [0.4, 0.5) is 11.4 Å². The van der Waals surface area contributed by atoms with Crippen LogP contribution in [0.1, 0.15) is 31.4 Å². The minimum atomic E-state index is -3.38. The summed E-state index contributed by atoms with van der Waals surface area (Å²) in [6, 6.07) is 13.8. The molecule has 2 aromatic carbocycles. The average Bonchev–Trinajstić information content (AvgIpc) is 2.70. The molecule has 0 aromatic heterocycles. The van der Waals surface area contributed by atoms with Crippen LogP contribution in [0.5, 0.6) is 5.75 Å². The maximum Gasteiger partial charge on any atom is 0.229 e. The van der Waals surface area contributed by atoms with Crippen LogP contribution in [0.3, 0.4) is 0 Å².